The highest BCUT2D eigenvalue weighted by molar-refractivity contribution is 5.78. The summed E-state index contributed by atoms with van der Waals surface area (Å²) in [6, 6.07) is 5.79. The molecule has 0 aliphatic carbocycles. The topological polar surface area (TPSA) is 62.5 Å². The Morgan fingerprint density at radius 3 is 2.71 bits per heavy atom. The maximum absolute atomic E-state index is 12.3. The van der Waals surface area contributed by atoms with E-state index in [1.807, 2.05) is 35.0 Å². The van der Waals surface area contributed by atoms with E-state index in [4.69, 9.17) is 5.73 Å². The van der Waals surface area contributed by atoms with Crippen molar-refractivity contribution in [1.82, 2.24) is 14.8 Å². The molecular formula is C16H26N4O. The Labute approximate surface area is 127 Å². The summed E-state index contributed by atoms with van der Waals surface area (Å²) in [6.45, 7) is 4.24. The van der Waals surface area contributed by atoms with Crippen LogP contribution in [0.3, 0.4) is 0 Å². The maximum atomic E-state index is 12.3. The van der Waals surface area contributed by atoms with Crippen molar-refractivity contribution in [3.63, 3.8) is 0 Å². The van der Waals surface area contributed by atoms with E-state index < -0.39 is 0 Å². The molecule has 1 fully saturated rings. The standard InChI is InChI=1S/C16H26N4O/c1-3-13(17)16(14-8-4-5-9-18-14)19(2)12-15(21)20-10-6-7-11-20/h4-5,8-9,13,16H,3,6-7,10-12,17H2,1-2H3. The van der Waals surface area contributed by atoms with Crippen LogP contribution < -0.4 is 5.73 Å². The van der Waals surface area contributed by atoms with Crippen LogP contribution in [0.25, 0.3) is 0 Å². The van der Waals surface area contributed by atoms with Crippen LogP contribution in [0.15, 0.2) is 24.4 Å². The summed E-state index contributed by atoms with van der Waals surface area (Å²) in [6.07, 6.45) is 4.87. The largest absolute Gasteiger partial charge is 0.342 e. The molecule has 0 radical (unpaired) electrons. The first kappa shape index (κ1) is 15.9. The van der Waals surface area contributed by atoms with Crippen LogP contribution in [0, 0.1) is 0 Å². The number of hydrogen-bond donors (Lipinski definition) is 1. The molecule has 1 saturated heterocycles. The zero-order valence-corrected chi connectivity index (χ0v) is 13.0. The van der Waals surface area contributed by atoms with E-state index in [-0.39, 0.29) is 18.0 Å². The van der Waals surface area contributed by atoms with Crippen molar-refractivity contribution in [2.45, 2.75) is 38.3 Å². The van der Waals surface area contributed by atoms with E-state index in [0.29, 0.717) is 6.54 Å². The van der Waals surface area contributed by atoms with E-state index in [2.05, 4.69) is 11.9 Å². The lowest BCUT2D eigenvalue weighted by atomic mass is 10.0. The minimum atomic E-state index is -0.0312. The van der Waals surface area contributed by atoms with Gasteiger partial charge in [-0.05, 0) is 38.4 Å². The van der Waals surface area contributed by atoms with Gasteiger partial charge in [0.05, 0.1) is 18.3 Å². The van der Waals surface area contributed by atoms with Crippen LogP contribution in [0.2, 0.25) is 0 Å². The predicted octanol–water partition coefficient (Wildman–Crippen LogP) is 1.41. The van der Waals surface area contributed by atoms with Crippen LogP contribution in [0.4, 0.5) is 0 Å². The number of hydrogen-bond acceptors (Lipinski definition) is 4. The van der Waals surface area contributed by atoms with Crippen LogP contribution in [0.1, 0.15) is 37.9 Å². The van der Waals surface area contributed by atoms with Gasteiger partial charge in [-0.3, -0.25) is 14.7 Å². The number of pyridine rings is 1. The fraction of sp³-hybridized carbons (Fsp3) is 0.625. The number of likely N-dealkylation sites (N-methyl/N-ethyl adjacent to an activating group) is 1. The smallest absolute Gasteiger partial charge is 0.236 e. The van der Waals surface area contributed by atoms with Gasteiger partial charge in [0.25, 0.3) is 0 Å². The van der Waals surface area contributed by atoms with E-state index >= 15 is 0 Å². The summed E-state index contributed by atoms with van der Waals surface area (Å²) in [4.78, 5) is 20.7. The van der Waals surface area contributed by atoms with Crippen LogP contribution in [-0.2, 0) is 4.79 Å². The highest BCUT2D eigenvalue weighted by atomic mass is 16.2. The molecule has 0 spiro atoms. The number of carbonyl (C=O) groups is 1. The van der Waals surface area contributed by atoms with Crippen molar-refractivity contribution < 1.29 is 4.79 Å². The molecule has 1 aliphatic rings. The number of carbonyl (C=O) groups excluding carboxylic acids is 1. The molecule has 2 rings (SSSR count). The Balaban J connectivity index is 2.07. The Bertz CT molecular complexity index is 445. The fourth-order valence-corrected chi connectivity index (χ4v) is 2.92. The molecule has 5 heteroatoms. The number of likely N-dealkylation sites (tertiary alicyclic amines) is 1. The molecule has 2 heterocycles. The minimum Gasteiger partial charge on any atom is -0.342 e. The molecule has 2 unspecified atom stereocenters. The average molecular weight is 290 g/mol. The Kier molecular flexibility index (Phi) is 5.70. The van der Waals surface area contributed by atoms with Gasteiger partial charge in [-0.25, -0.2) is 0 Å². The lowest BCUT2D eigenvalue weighted by Crippen LogP contribution is -2.44. The Morgan fingerprint density at radius 1 is 1.43 bits per heavy atom. The van der Waals surface area contributed by atoms with Gasteiger partial charge >= 0.3 is 0 Å². The second kappa shape index (κ2) is 7.52. The van der Waals surface area contributed by atoms with Crippen LogP contribution >= 0.6 is 0 Å². The molecule has 2 N–H and O–H groups in total. The van der Waals surface area contributed by atoms with Gasteiger partial charge < -0.3 is 10.6 Å². The average Bonchev–Trinajstić information content (AvgIpc) is 3.02. The molecule has 1 amide bonds. The quantitative estimate of drug-likeness (QED) is 0.860. The monoisotopic (exact) mass is 290 g/mol. The predicted molar refractivity (Wildman–Crippen MR) is 83.7 cm³/mol. The third-order valence-electron chi connectivity index (χ3n) is 4.19. The summed E-state index contributed by atoms with van der Waals surface area (Å²) < 4.78 is 0. The van der Waals surface area contributed by atoms with Gasteiger partial charge in [-0.1, -0.05) is 13.0 Å². The highest BCUT2D eigenvalue weighted by Crippen LogP contribution is 2.22. The summed E-state index contributed by atoms with van der Waals surface area (Å²) in [5, 5.41) is 0. The lowest BCUT2D eigenvalue weighted by molar-refractivity contribution is -0.131. The van der Waals surface area contributed by atoms with Crippen LogP contribution in [-0.4, -0.2) is 53.4 Å². The van der Waals surface area contributed by atoms with Crippen LogP contribution in [0.5, 0.6) is 0 Å². The Hall–Kier alpha value is -1.46. The van der Waals surface area contributed by atoms with E-state index in [1.54, 1.807) is 6.20 Å². The third-order valence-corrected chi connectivity index (χ3v) is 4.19. The van der Waals surface area contributed by atoms with Gasteiger partial charge in [-0.15, -0.1) is 0 Å². The molecule has 5 nitrogen and oxygen atoms in total. The van der Waals surface area contributed by atoms with Gasteiger partial charge in [0, 0.05) is 25.3 Å². The number of nitrogens with zero attached hydrogens (tertiary/aromatic N) is 3. The van der Waals surface area contributed by atoms with Crippen molar-refractivity contribution in [3.8, 4) is 0 Å². The second-order valence-corrected chi connectivity index (χ2v) is 5.77. The molecule has 2 atom stereocenters. The highest BCUT2D eigenvalue weighted by Gasteiger charge is 2.27. The minimum absolute atomic E-state index is 0.0252. The van der Waals surface area contributed by atoms with Gasteiger partial charge in [0.2, 0.25) is 5.91 Å². The first-order valence-electron chi connectivity index (χ1n) is 7.78. The molecule has 1 aromatic rings. The Morgan fingerprint density at radius 2 is 2.14 bits per heavy atom. The molecule has 0 aromatic carbocycles. The van der Waals surface area contributed by atoms with Gasteiger partial charge in [0.1, 0.15) is 0 Å². The maximum Gasteiger partial charge on any atom is 0.236 e. The summed E-state index contributed by atoms with van der Waals surface area (Å²) >= 11 is 0. The third kappa shape index (κ3) is 4.02. The molecule has 116 valence electrons. The number of nitrogens with two attached hydrogens (primary N) is 1. The molecule has 1 aromatic heterocycles. The molecule has 0 saturated carbocycles. The van der Waals surface area contributed by atoms with Gasteiger partial charge in [0.15, 0.2) is 0 Å². The van der Waals surface area contributed by atoms with Crippen molar-refractivity contribution >= 4 is 5.91 Å². The van der Waals surface area contributed by atoms with E-state index in [0.717, 1.165) is 38.0 Å². The summed E-state index contributed by atoms with van der Waals surface area (Å²) in [7, 11) is 1.96. The SMILES string of the molecule is CCC(N)C(c1ccccn1)N(C)CC(=O)N1CCCC1. The normalized spacial score (nSPS) is 18.0. The van der Waals surface area contributed by atoms with Gasteiger partial charge in [-0.2, -0.15) is 0 Å². The second-order valence-electron chi connectivity index (χ2n) is 5.77. The van der Waals surface area contributed by atoms with E-state index in [1.165, 1.54) is 0 Å². The number of amides is 1. The van der Waals surface area contributed by atoms with Crippen molar-refractivity contribution in [2.75, 3.05) is 26.7 Å². The summed E-state index contributed by atoms with van der Waals surface area (Å²) in [5.74, 6) is 0.194. The molecule has 21 heavy (non-hydrogen) atoms. The fourth-order valence-electron chi connectivity index (χ4n) is 2.92. The molecule has 0 bridgehead atoms. The molecular weight excluding hydrogens is 264 g/mol. The van der Waals surface area contributed by atoms with Crippen molar-refractivity contribution in [3.05, 3.63) is 30.1 Å². The lowest BCUT2D eigenvalue weighted by Gasteiger charge is -2.32. The van der Waals surface area contributed by atoms with E-state index in [9.17, 15) is 4.79 Å². The van der Waals surface area contributed by atoms with Crippen molar-refractivity contribution in [1.29, 1.82) is 0 Å². The number of rotatable bonds is 6. The summed E-state index contributed by atoms with van der Waals surface area (Å²) in [5.41, 5.74) is 7.21. The zero-order valence-electron chi connectivity index (χ0n) is 13.0. The first-order valence-corrected chi connectivity index (χ1v) is 7.78. The van der Waals surface area contributed by atoms with Crippen molar-refractivity contribution in [2.24, 2.45) is 5.73 Å². The zero-order chi connectivity index (χ0) is 15.2. The first-order chi connectivity index (χ1) is 10.1. The molecule has 1 aliphatic heterocycles. The number of aromatic nitrogens is 1.